The minimum Gasteiger partial charge on any atom is -0.369 e. The number of hydrogen-bond donors (Lipinski definition) is 1. The van der Waals surface area contributed by atoms with E-state index in [1.54, 1.807) is 0 Å². The Morgan fingerprint density at radius 1 is 1.04 bits per heavy atom. The van der Waals surface area contributed by atoms with Crippen LogP contribution in [0.5, 0.6) is 0 Å². The van der Waals surface area contributed by atoms with Gasteiger partial charge >= 0.3 is 0 Å². The SMILES string of the molecule is CCNc1nc(-c2ccccc2Cl)c(-c2ccc(Cl)cc2)cc1C#N. The molecular weight excluding hydrogens is 353 g/mol. The summed E-state index contributed by atoms with van der Waals surface area (Å²) < 4.78 is 0. The average Bonchev–Trinajstić information content (AvgIpc) is 2.63. The van der Waals surface area contributed by atoms with Gasteiger partial charge in [-0.3, -0.25) is 0 Å². The summed E-state index contributed by atoms with van der Waals surface area (Å²) in [6, 6.07) is 19.1. The number of halogens is 2. The molecule has 3 rings (SSSR count). The molecule has 0 aliphatic heterocycles. The number of aromatic nitrogens is 1. The highest BCUT2D eigenvalue weighted by Crippen LogP contribution is 2.37. The van der Waals surface area contributed by atoms with Gasteiger partial charge in [-0.2, -0.15) is 5.26 Å². The Kier molecular flexibility index (Phi) is 5.23. The summed E-state index contributed by atoms with van der Waals surface area (Å²) in [5.41, 5.74) is 3.79. The molecule has 0 amide bonds. The van der Waals surface area contributed by atoms with E-state index in [9.17, 15) is 5.26 Å². The maximum absolute atomic E-state index is 9.50. The van der Waals surface area contributed by atoms with Gasteiger partial charge in [-0.05, 0) is 36.8 Å². The third kappa shape index (κ3) is 3.61. The minimum atomic E-state index is 0.489. The van der Waals surface area contributed by atoms with E-state index in [1.165, 1.54) is 0 Å². The number of nitrogens with zero attached hydrogens (tertiary/aromatic N) is 2. The molecule has 0 bridgehead atoms. The molecule has 0 fully saturated rings. The lowest BCUT2D eigenvalue weighted by molar-refractivity contribution is 1.15. The normalized spacial score (nSPS) is 10.3. The summed E-state index contributed by atoms with van der Waals surface area (Å²) in [4.78, 5) is 4.71. The first-order valence-electron chi connectivity index (χ1n) is 7.84. The van der Waals surface area contributed by atoms with Crippen LogP contribution in [0, 0.1) is 11.3 Å². The number of pyridine rings is 1. The van der Waals surface area contributed by atoms with Crippen LogP contribution < -0.4 is 5.32 Å². The van der Waals surface area contributed by atoms with Crippen LogP contribution >= 0.6 is 23.2 Å². The van der Waals surface area contributed by atoms with Crippen molar-refractivity contribution in [2.45, 2.75) is 6.92 Å². The zero-order chi connectivity index (χ0) is 17.8. The topological polar surface area (TPSA) is 48.7 Å². The van der Waals surface area contributed by atoms with Crippen LogP contribution in [0.4, 0.5) is 5.82 Å². The Morgan fingerprint density at radius 2 is 1.76 bits per heavy atom. The van der Waals surface area contributed by atoms with Crippen molar-refractivity contribution < 1.29 is 0 Å². The van der Waals surface area contributed by atoms with Gasteiger partial charge in [-0.25, -0.2) is 4.98 Å². The average molecular weight is 368 g/mol. The van der Waals surface area contributed by atoms with Gasteiger partial charge in [0.15, 0.2) is 0 Å². The Morgan fingerprint density at radius 3 is 2.40 bits per heavy atom. The van der Waals surface area contributed by atoms with E-state index in [2.05, 4.69) is 11.4 Å². The smallest absolute Gasteiger partial charge is 0.144 e. The fourth-order valence-corrected chi connectivity index (χ4v) is 2.96. The number of rotatable bonds is 4. The van der Waals surface area contributed by atoms with Crippen molar-refractivity contribution in [3.05, 3.63) is 70.2 Å². The van der Waals surface area contributed by atoms with Crippen LogP contribution in [0.1, 0.15) is 12.5 Å². The first-order chi connectivity index (χ1) is 12.1. The molecule has 5 heteroatoms. The maximum Gasteiger partial charge on any atom is 0.144 e. The van der Waals surface area contributed by atoms with E-state index in [4.69, 9.17) is 28.2 Å². The standard InChI is InChI=1S/C20H15Cl2N3/c1-2-24-20-14(12-23)11-17(13-7-9-15(21)10-8-13)19(25-20)16-5-3-4-6-18(16)22/h3-11H,2H2,1H3,(H,24,25). The van der Waals surface area contributed by atoms with Crippen molar-refractivity contribution in [1.82, 2.24) is 4.98 Å². The van der Waals surface area contributed by atoms with Crippen molar-refractivity contribution in [2.75, 3.05) is 11.9 Å². The lowest BCUT2D eigenvalue weighted by atomic mass is 9.97. The predicted molar refractivity (Wildman–Crippen MR) is 104 cm³/mol. The third-order valence-corrected chi connectivity index (χ3v) is 4.35. The molecule has 25 heavy (non-hydrogen) atoms. The zero-order valence-electron chi connectivity index (χ0n) is 13.6. The second-order valence-corrected chi connectivity index (χ2v) is 6.25. The molecule has 0 aliphatic carbocycles. The molecule has 0 saturated carbocycles. The molecule has 3 nitrogen and oxygen atoms in total. The van der Waals surface area contributed by atoms with Gasteiger partial charge in [0, 0.05) is 27.7 Å². The van der Waals surface area contributed by atoms with Gasteiger partial charge in [0.05, 0.1) is 11.3 Å². The largest absolute Gasteiger partial charge is 0.369 e. The summed E-state index contributed by atoms with van der Waals surface area (Å²) in [6.45, 7) is 2.63. The second-order valence-electron chi connectivity index (χ2n) is 5.41. The molecule has 124 valence electrons. The molecule has 2 aromatic carbocycles. The van der Waals surface area contributed by atoms with Crippen molar-refractivity contribution in [1.29, 1.82) is 5.26 Å². The predicted octanol–water partition coefficient (Wildman–Crippen LogP) is 6.03. The van der Waals surface area contributed by atoms with E-state index in [0.29, 0.717) is 28.0 Å². The van der Waals surface area contributed by atoms with E-state index >= 15 is 0 Å². The third-order valence-electron chi connectivity index (χ3n) is 3.77. The Balaban J connectivity index is 2.30. The van der Waals surface area contributed by atoms with Crippen molar-refractivity contribution in [3.8, 4) is 28.5 Å². The van der Waals surface area contributed by atoms with Gasteiger partial charge < -0.3 is 5.32 Å². The lowest BCUT2D eigenvalue weighted by Gasteiger charge is -2.15. The molecule has 0 spiro atoms. The first-order valence-corrected chi connectivity index (χ1v) is 8.59. The molecule has 0 unspecified atom stereocenters. The van der Waals surface area contributed by atoms with Gasteiger partial charge in [0.2, 0.25) is 0 Å². The summed E-state index contributed by atoms with van der Waals surface area (Å²) in [7, 11) is 0. The molecule has 0 atom stereocenters. The fourth-order valence-electron chi connectivity index (χ4n) is 2.61. The molecule has 1 aromatic heterocycles. The zero-order valence-corrected chi connectivity index (χ0v) is 15.1. The summed E-state index contributed by atoms with van der Waals surface area (Å²) in [5, 5.41) is 13.9. The summed E-state index contributed by atoms with van der Waals surface area (Å²) in [5.74, 6) is 0.553. The first kappa shape index (κ1) is 17.3. The Hall–Kier alpha value is -2.54. The van der Waals surface area contributed by atoms with Crippen molar-refractivity contribution in [3.63, 3.8) is 0 Å². The van der Waals surface area contributed by atoms with Crippen LogP contribution in [-0.2, 0) is 0 Å². The van der Waals surface area contributed by atoms with Gasteiger partial charge in [0.25, 0.3) is 0 Å². The van der Waals surface area contributed by atoms with Crippen LogP contribution in [0.2, 0.25) is 10.0 Å². The fraction of sp³-hybridized carbons (Fsp3) is 0.100. The van der Waals surface area contributed by atoms with Crippen molar-refractivity contribution in [2.24, 2.45) is 0 Å². The van der Waals surface area contributed by atoms with Gasteiger partial charge in [-0.1, -0.05) is 53.5 Å². The van der Waals surface area contributed by atoms with E-state index in [-0.39, 0.29) is 0 Å². The van der Waals surface area contributed by atoms with Crippen LogP contribution in [0.3, 0.4) is 0 Å². The number of nitrogens with one attached hydrogen (secondary N) is 1. The highest BCUT2D eigenvalue weighted by atomic mass is 35.5. The highest BCUT2D eigenvalue weighted by molar-refractivity contribution is 6.33. The second kappa shape index (κ2) is 7.57. The van der Waals surface area contributed by atoms with Crippen LogP contribution in [-0.4, -0.2) is 11.5 Å². The molecule has 0 radical (unpaired) electrons. The van der Waals surface area contributed by atoms with E-state index in [0.717, 1.165) is 22.4 Å². The van der Waals surface area contributed by atoms with Gasteiger partial charge in [0.1, 0.15) is 11.9 Å². The number of benzene rings is 2. The lowest BCUT2D eigenvalue weighted by Crippen LogP contribution is -2.04. The Bertz CT molecular complexity index is 944. The van der Waals surface area contributed by atoms with Crippen LogP contribution in [0.25, 0.3) is 22.4 Å². The number of hydrogen-bond acceptors (Lipinski definition) is 3. The highest BCUT2D eigenvalue weighted by Gasteiger charge is 2.16. The molecule has 1 N–H and O–H groups in total. The van der Waals surface area contributed by atoms with Crippen LogP contribution in [0.15, 0.2) is 54.6 Å². The number of nitriles is 1. The molecule has 0 saturated heterocycles. The quantitative estimate of drug-likeness (QED) is 0.612. The monoisotopic (exact) mass is 367 g/mol. The number of anilines is 1. The maximum atomic E-state index is 9.50. The van der Waals surface area contributed by atoms with E-state index < -0.39 is 0 Å². The Labute approximate surface area is 156 Å². The summed E-state index contributed by atoms with van der Waals surface area (Å²) >= 11 is 12.4. The summed E-state index contributed by atoms with van der Waals surface area (Å²) in [6.07, 6.45) is 0. The van der Waals surface area contributed by atoms with Gasteiger partial charge in [-0.15, -0.1) is 0 Å². The molecule has 0 aliphatic rings. The minimum absolute atomic E-state index is 0.489. The molecular formula is C20H15Cl2N3. The van der Waals surface area contributed by atoms with E-state index in [1.807, 2.05) is 61.5 Å². The molecule has 3 aromatic rings. The molecule has 1 heterocycles. The van der Waals surface area contributed by atoms with Crippen molar-refractivity contribution >= 4 is 29.0 Å².